The van der Waals surface area contributed by atoms with Crippen molar-refractivity contribution >= 4 is 26.9 Å². The fraction of sp³-hybridized carbons (Fsp3) is 0.429. The van der Waals surface area contributed by atoms with Crippen molar-refractivity contribution < 1.29 is 36.2 Å². The second-order valence-corrected chi connectivity index (χ2v) is 12.1. The molecule has 0 unspecified atom stereocenters. The Morgan fingerprint density at radius 3 is 2.44 bits per heavy atom. The van der Waals surface area contributed by atoms with Crippen LogP contribution in [0.4, 0.5) is 13.2 Å². The van der Waals surface area contributed by atoms with Gasteiger partial charge in [0.2, 0.25) is 10.0 Å². The molecule has 0 aliphatic carbocycles. The van der Waals surface area contributed by atoms with Gasteiger partial charge in [0.15, 0.2) is 0 Å². The molecule has 41 heavy (non-hydrogen) atoms. The summed E-state index contributed by atoms with van der Waals surface area (Å²) in [5, 5.41) is 10.5. The predicted molar refractivity (Wildman–Crippen MR) is 146 cm³/mol. The SMILES string of the molecule is CNS(=O)(=O)c1ccc2nc(-c3cccc(C(F)(F)F)c3)c(CN3CCC(N4CCOCC4)CC3)c(C(=O)O)c2c1. The maximum absolute atomic E-state index is 13.6. The van der Waals surface area contributed by atoms with Crippen molar-refractivity contribution in [1.82, 2.24) is 19.5 Å². The van der Waals surface area contributed by atoms with Crippen molar-refractivity contribution in [3.05, 3.63) is 59.2 Å². The summed E-state index contributed by atoms with van der Waals surface area (Å²) < 4.78 is 73.5. The van der Waals surface area contributed by atoms with E-state index in [0.29, 0.717) is 32.3 Å². The number of likely N-dealkylation sites (tertiary alicyclic amines) is 1. The monoisotopic (exact) mass is 592 g/mol. The van der Waals surface area contributed by atoms with E-state index < -0.39 is 27.7 Å². The van der Waals surface area contributed by atoms with Crippen LogP contribution in [0, 0.1) is 0 Å². The van der Waals surface area contributed by atoms with Crippen LogP contribution in [0.5, 0.6) is 0 Å². The van der Waals surface area contributed by atoms with Crippen LogP contribution >= 0.6 is 0 Å². The summed E-state index contributed by atoms with van der Waals surface area (Å²) in [7, 11) is -2.64. The molecule has 0 bridgehead atoms. The average molecular weight is 593 g/mol. The van der Waals surface area contributed by atoms with Crippen LogP contribution in [0.25, 0.3) is 22.2 Å². The van der Waals surface area contributed by atoms with E-state index in [1.54, 1.807) is 0 Å². The number of hydrogen-bond donors (Lipinski definition) is 2. The molecule has 9 nitrogen and oxygen atoms in total. The lowest BCUT2D eigenvalue weighted by Gasteiger charge is -2.40. The van der Waals surface area contributed by atoms with Gasteiger partial charge in [0.1, 0.15) is 0 Å². The minimum atomic E-state index is -4.60. The van der Waals surface area contributed by atoms with Crippen molar-refractivity contribution in [2.75, 3.05) is 46.4 Å². The largest absolute Gasteiger partial charge is 0.478 e. The Kier molecular flexibility index (Phi) is 8.35. The molecule has 0 atom stereocenters. The van der Waals surface area contributed by atoms with Crippen LogP contribution in [0.15, 0.2) is 47.4 Å². The van der Waals surface area contributed by atoms with Crippen molar-refractivity contribution in [2.45, 2.75) is 36.5 Å². The molecule has 2 aliphatic rings. The number of sulfonamides is 1. The summed E-state index contributed by atoms with van der Waals surface area (Å²) in [6, 6.07) is 8.96. The number of rotatable bonds is 7. The van der Waals surface area contributed by atoms with Crippen LogP contribution in [0.1, 0.15) is 34.3 Å². The lowest BCUT2D eigenvalue weighted by atomic mass is 9.94. The minimum absolute atomic E-state index is 0.0998. The molecule has 2 N–H and O–H groups in total. The lowest BCUT2D eigenvalue weighted by molar-refractivity contribution is -0.137. The number of nitrogens with one attached hydrogen (secondary N) is 1. The van der Waals surface area contributed by atoms with Gasteiger partial charge in [0.25, 0.3) is 0 Å². The molecule has 2 saturated heterocycles. The van der Waals surface area contributed by atoms with Gasteiger partial charge in [0.05, 0.1) is 40.4 Å². The first-order chi connectivity index (χ1) is 19.5. The number of nitrogens with zero attached hydrogens (tertiary/aromatic N) is 3. The number of aromatic carboxylic acids is 1. The molecule has 13 heteroatoms. The zero-order valence-corrected chi connectivity index (χ0v) is 23.3. The highest BCUT2D eigenvalue weighted by Crippen LogP contribution is 2.36. The van der Waals surface area contributed by atoms with Gasteiger partial charge in [-0.3, -0.25) is 9.80 Å². The number of carboxylic acids is 1. The number of benzene rings is 2. The second-order valence-electron chi connectivity index (χ2n) is 10.2. The Morgan fingerprint density at radius 2 is 1.80 bits per heavy atom. The summed E-state index contributed by atoms with van der Waals surface area (Å²) >= 11 is 0. The Morgan fingerprint density at radius 1 is 1.10 bits per heavy atom. The Bertz CT molecular complexity index is 1550. The molecule has 2 aromatic carbocycles. The van der Waals surface area contributed by atoms with Gasteiger partial charge >= 0.3 is 12.1 Å². The number of piperidine rings is 1. The molecule has 2 aliphatic heterocycles. The maximum Gasteiger partial charge on any atom is 0.416 e. The summed E-state index contributed by atoms with van der Waals surface area (Å²) in [6.07, 6.45) is -2.89. The number of carboxylic acid groups (broad SMARTS) is 1. The molecule has 0 radical (unpaired) electrons. The lowest BCUT2D eigenvalue weighted by Crippen LogP contribution is -2.48. The van der Waals surface area contributed by atoms with Crippen LogP contribution in [0.2, 0.25) is 0 Å². The molecule has 3 aromatic rings. The quantitative estimate of drug-likeness (QED) is 0.426. The van der Waals surface area contributed by atoms with E-state index in [2.05, 4.69) is 19.5 Å². The van der Waals surface area contributed by atoms with Gasteiger partial charge in [-0.15, -0.1) is 0 Å². The number of fused-ring (bicyclic) bond motifs is 1. The highest BCUT2D eigenvalue weighted by atomic mass is 32.2. The summed E-state index contributed by atoms with van der Waals surface area (Å²) in [6.45, 7) is 4.56. The summed E-state index contributed by atoms with van der Waals surface area (Å²) in [5.41, 5.74) is -0.380. The highest BCUT2D eigenvalue weighted by Gasteiger charge is 2.32. The first-order valence-electron chi connectivity index (χ1n) is 13.3. The topological polar surface area (TPSA) is 112 Å². The predicted octanol–water partition coefficient (Wildman–Crippen LogP) is 3.82. The molecule has 220 valence electrons. The Labute approximate surface area is 236 Å². The number of aromatic nitrogens is 1. The van der Waals surface area contributed by atoms with E-state index in [1.807, 2.05) is 0 Å². The maximum atomic E-state index is 13.6. The number of halogens is 3. The van der Waals surface area contributed by atoms with Gasteiger partial charge in [-0.05, 0) is 63.3 Å². The van der Waals surface area contributed by atoms with E-state index in [-0.39, 0.29) is 44.7 Å². The van der Waals surface area contributed by atoms with Crippen LogP contribution < -0.4 is 4.72 Å². The molecule has 1 aromatic heterocycles. The number of hydrogen-bond acceptors (Lipinski definition) is 7. The van der Waals surface area contributed by atoms with Crippen molar-refractivity contribution in [3.63, 3.8) is 0 Å². The van der Waals surface area contributed by atoms with E-state index in [0.717, 1.165) is 38.1 Å². The summed E-state index contributed by atoms with van der Waals surface area (Å²) in [5.74, 6) is -1.32. The number of ether oxygens (including phenoxy) is 1. The van der Waals surface area contributed by atoms with Gasteiger partial charge in [-0.1, -0.05) is 12.1 Å². The van der Waals surface area contributed by atoms with Crippen LogP contribution in [-0.2, 0) is 27.5 Å². The molecule has 3 heterocycles. The Balaban J connectivity index is 1.61. The number of alkyl halides is 3. The standard InChI is InChI=1S/C28H31F3N4O5S/c1-32-41(38,39)21-5-6-24-22(16-21)25(27(36)37)23(26(33-24)18-3-2-4-19(15-18)28(29,30)31)17-34-9-7-20(8-10-34)35-11-13-40-14-12-35/h2-6,15-16,20,32H,7-14,17H2,1H3,(H,36,37). The molecule has 0 saturated carbocycles. The van der Waals surface area contributed by atoms with Crippen LogP contribution in [0.3, 0.4) is 0 Å². The van der Waals surface area contributed by atoms with E-state index >= 15 is 0 Å². The molecular weight excluding hydrogens is 561 g/mol. The van der Waals surface area contributed by atoms with Gasteiger partial charge < -0.3 is 9.84 Å². The normalized spacial score (nSPS) is 18.1. The third kappa shape index (κ3) is 6.24. The number of pyridine rings is 1. The summed E-state index contributed by atoms with van der Waals surface area (Å²) in [4.78, 5) is 21.7. The zero-order chi connectivity index (χ0) is 29.4. The molecule has 0 amide bonds. The molecule has 5 rings (SSSR count). The first-order valence-corrected chi connectivity index (χ1v) is 14.8. The number of carbonyl (C=O) groups is 1. The molecule has 0 spiro atoms. The van der Waals surface area contributed by atoms with Crippen molar-refractivity contribution in [3.8, 4) is 11.3 Å². The van der Waals surface area contributed by atoms with Gasteiger partial charge in [-0.25, -0.2) is 22.9 Å². The smallest absolute Gasteiger partial charge is 0.416 e. The zero-order valence-electron chi connectivity index (χ0n) is 22.4. The molecule has 2 fully saturated rings. The van der Waals surface area contributed by atoms with Gasteiger partial charge in [0, 0.05) is 42.2 Å². The first kappa shape index (κ1) is 29.4. The minimum Gasteiger partial charge on any atom is -0.478 e. The molecular formula is C28H31F3N4O5S. The van der Waals surface area contributed by atoms with Crippen molar-refractivity contribution in [1.29, 1.82) is 0 Å². The van der Waals surface area contributed by atoms with Crippen molar-refractivity contribution in [2.24, 2.45) is 0 Å². The van der Waals surface area contributed by atoms with E-state index in [1.165, 1.54) is 37.4 Å². The average Bonchev–Trinajstić information content (AvgIpc) is 2.96. The van der Waals surface area contributed by atoms with E-state index in [4.69, 9.17) is 4.74 Å². The second kappa shape index (κ2) is 11.6. The third-order valence-electron chi connectivity index (χ3n) is 7.81. The third-order valence-corrected chi connectivity index (χ3v) is 9.23. The fourth-order valence-corrected chi connectivity index (χ4v) is 6.41. The number of morpholine rings is 1. The van der Waals surface area contributed by atoms with Gasteiger partial charge in [-0.2, -0.15) is 13.2 Å². The van der Waals surface area contributed by atoms with E-state index in [9.17, 15) is 31.5 Å². The Hall–Kier alpha value is -3.10. The fourth-order valence-electron chi connectivity index (χ4n) is 5.66. The van der Waals surface area contributed by atoms with Crippen LogP contribution in [-0.4, -0.2) is 86.8 Å². The highest BCUT2D eigenvalue weighted by molar-refractivity contribution is 7.89.